The predicted octanol–water partition coefficient (Wildman–Crippen LogP) is 2.18. The van der Waals surface area contributed by atoms with Gasteiger partial charge in [0.15, 0.2) is 11.5 Å². The second kappa shape index (κ2) is 14.3. The molecule has 0 heterocycles. The zero-order valence-corrected chi connectivity index (χ0v) is 22.2. The molecule has 5 N–H and O–H groups in total. The maximum Gasteiger partial charge on any atom is 0.243 e. The van der Waals surface area contributed by atoms with Crippen LogP contribution in [-0.4, -0.2) is 57.4 Å². The van der Waals surface area contributed by atoms with Gasteiger partial charge in [-0.15, -0.1) is 12.4 Å². The van der Waals surface area contributed by atoms with Crippen LogP contribution >= 0.6 is 12.4 Å². The highest BCUT2D eigenvalue weighted by Gasteiger charge is 2.27. The molecule has 0 aliphatic heterocycles. The molecule has 0 fully saturated rings. The Balaban J connectivity index is 0.00000648. The number of carbonyl (C=O) groups is 2. The number of benzene rings is 2. The van der Waals surface area contributed by atoms with Crippen molar-refractivity contribution in [1.29, 1.82) is 0 Å². The first-order valence-electron chi connectivity index (χ1n) is 11.1. The van der Waals surface area contributed by atoms with E-state index < -0.39 is 18.0 Å². The quantitative estimate of drug-likeness (QED) is 0.330. The minimum atomic E-state index is -0.919. The summed E-state index contributed by atoms with van der Waals surface area (Å²) in [6.45, 7) is 3.73. The number of carbonyl (C=O) groups excluding carboxylic acids is 2. The van der Waals surface area contributed by atoms with Crippen LogP contribution in [-0.2, 0) is 22.6 Å². The summed E-state index contributed by atoms with van der Waals surface area (Å²) in [5, 5.41) is 15.6. The molecule has 0 aliphatic rings. The molecule has 0 bridgehead atoms. The van der Waals surface area contributed by atoms with Crippen molar-refractivity contribution in [2.24, 2.45) is 11.7 Å². The molecular weight excluding hydrogens is 490 g/mol. The third-order valence-electron chi connectivity index (χ3n) is 5.51. The van der Waals surface area contributed by atoms with Gasteiger partial charge in [-0.25, -0.2) is 0 Å². The fourth-order valence-electron chi connectivity index (χ4n) is 3.51. The second-order valence-corrected chi connectivity index (χ2v) is 8.29. The number of ether oxygens (including phenoxy) is 4. The van der Waals surface area contributed by atoms with Gasteiger partial charge in [0.05, 0.1) is 34.5 Å². The van der Waals surface area contributed by atoms with Gasteiger partial charge in [-0.3, -0.25) is 9.59 Å². The van der Waals surface area contributed by atoms with Crippen molar-refractivity contribution in [3.63, 3.8) is 0 Å². The van der Waals surface area contributed by atoms with Crippen LogP contribution in [0.25, 0.3) is 0 Å². The number of hydrogen-bond donors (Lipinski definition) is 4. The van der Waals surface area contributed by atoms with Crippen LogP contribution < -0.4 is 35.3 Å². The van der Waals surface area contributed by atoms with E-state index in [2.05, 4.69) is 10.6 Å². The smallest absolute Gasteiger partial charge is 0.243 e. The van der Waals surface area contributed by atoms with E-state index in [1.807, 2.05) is 13.8 Å². The maximum atomic E-state index is 12.8. The van der Waals surface area contributed by atoms with E-state index >= 15 is 0 Å². The Morgan fingerprint density at radius 2 is 1.56 bits per heavy atom. The van der Waals surface area contributed by atoms with Gasteiger partial charge in [-0.2, -0.15) is 0 Å². The van der Waals surface area contributed by atoms with E-state index in [1.54, 1.807) is 24.3 Å². The highest BCUT2D eigenvalue weighted by molar-refractivity contribution is 5.90. The number of phenolic OH excluding ortho intramolecular Hbond substituents is 1. The number of nitrogens with two attached hydrogens (primary N) is 1. The molecule has 2 aromatic carbocycles. The number of halogens is 1. The van der Waals surface area contributed by atoms with Gasteiger partial charge in [0.2, 0.25) is 17.6 Å². The molecule has 0 unspecified atom stereocenters. The topological polar surface area (TPSA) is 141 Å². The third-order valence-corrected chi connectivity index (χ3v) is 5.51. The monoisotopic (exact) mass is 525 g/mol. The van der Waals surface area contributed by atoms with Crippen LogP contribution in [0, 0.1) is 5.92 Å². The summed E-state index contributed by atoms with van der Waals surface area (Å²) >= 11 is 0. The fourth-order valence-corrected chi connectivity index (χ4v) is 3.51. The molecular formula is C25H36ClN3O7. The van der Waals surface area contributed by atoms with Gasteiger partial charge in [0.1, 0.15) is 17.5 Å². The Kier molecular flexibility index (Phi) is 12.1. The number of nitrogens with one attached hydrogen (secondary N) is 2. The normalized spacial score (nSPS) is 12.1. The minimum Gasteiger partial charge on any atom is -0.507 e. The molecule has 2 amide bonds. The average Bonchev–Trinajstić information content (AvgIpc) is 2.84. The lowest BCUT2D eigenvalue weighted by Gasteiger charge is -2.24. The van der Waals surface area contributed by atoms with Crippen molar-refractivity contribution in [2.45, 2.75) is 38.9 Å². The Morgan fingerprint density at radius 3 is 2.03 bits per heavy atom. The zero-order chi connectivity index (χ0) is 26.1. The first-order chi connectivity index (χ1) is 16.6. The van der Waals surface area contributed by atoms with Gasteiger partial charge in [0.25, 0.3) is 0 Å². The van der Waals surface area contributed by atoms with Gasteiger partial charge >= 0.3 is 0 Å². The number of hydrogen-bond acceptors (Lipinski definition) is 8. The van der Waals surface area contributed by atoms with E-state index in [9.17, 15) is 14.7 Å². The summed E-state index contributed by atoms with van der Waals surface area (Å²) in [6.07, 6.45) is 0.189. The van der Waals surface area contributed by atoms with Crippen molar-refractivity contribution in [1.82, 2.24) is 10.6 Å². The van der Waals surface area contributed by atoms with Crippen LogP contribution in [0.5, 0.6) is 28.7 Å². The molecule has 0 aromatic heterocycles. The summed E-state index contributed by atoms with van der Waals surface area (Å²) < 4.78 is 21.1. The molecule has 0 saturated heterocycles. The number of methoxy groups -OCH3 is 4. The summed E-state index contributed by atoms with van der Waals surface area (Å²) in [4.78, 5) is 25.7. The van der Waals surface area contributed by atoms with Crippen molar-refractivity contribution < 1.29 is 33.6 Å². The summed E-state index contributed by atoms with van der Waals surface area (Å²) in [5.74, 6) is 0.802. The van der Waals surface area contributed by atoms with Crippen LogP contribution in [0.1, 0.15) is 25.0 Å². The lowest BCUT2D eigenvalue weighted by atomic mass is 10.0. The molecule has 2 aromatic rings. The van der Waals surface area contributed by atoms with Crippen molar-refractivity contribution in [3.8, 4) is 28.7 Å². The van der Waals surface area contributed by atoms with Crippen molar-refractivity contribution in [3.05, 3.63) is 41.5 Å². The largest absolute Gasteiger partial charge is 0.507 e. The Bertz CT molecular complexity index is 1010. The first-order valence-corrected chi connectivity index (χ1v) is 11.1. The molecule has 2 atom stereocenters. The minimum absolute atomic E-state index is 0. The van der Waals surface area contributed by atoms with Gasteiger partial charge in [-0.05, 0) is 42.2 Å². The maximum absolute atomic E-state index is 12.8. The molecule has 200 valence electrons. The van der Waals surface area contributed by atoms with E-state index in [0.29, 0.717) is 34.1 Å². The molecule has 0 radical (unpaired) electrons. The molecule has 11 heteroatoms. The van der Waals surface area contributed by atoms with E-state index in [1.165, 1.54) is 34.5 Å². The highest BCUT2D eigenvalue weighted by atomic mass is 35.5. The highest BCUT2D eigenvalue weighted by Crippen LogP contribution is 2.38. The van der Waals surface area contributed by atoms with Crippen LogP contribution in [0.2, 0.25) is 0 Å². The van der Waals surface area contributed by atoms with Gasteiger partial charge in [-0.1, -0.05) is 13.8 Å². The van der Waals surface area contributed by atoms with Crippen molar-refractivity contribution >= 4 is 24.2 Å². The standard InChI is InChI=1S/C25H35N3O7.ClH/c1-14(2)22(25(31)27-13-16-7-8-17(32-3)12-19(16)29)28-24(30)18(26)9-15-10-20(33-4)23(35-6)21(11-15)34-5;/h7-8,10-12,14,18,22,29H,9,13,26H2,1-6H3,(H,27,31)(H,28,30);1H/t18-,22-;/m0./s1. The van der Waals surface area contributed by atoms with E-state index in [-0.39, 0.29) is 42.9 Å². The SMILES string of the molecule is COc1ccc(CNC(=O)[C@@H](NC(=O)[C@@H](N)Cc2cc(OC)c(OC)c(OC)c2)C(C)C)c(O)c1.Cl. The van der Waals surface area contributed by atoms with Crippen LogP contribution in [0.4, 0.5) is 0 Å². The lowest BCUT2D eigenvalue weighted by Crippen LogP contribution is -2.54. The average molecular weight is 526 g/mol. The Morgan fingerprint density at radius 1 is 0.944 bits per heavy atom. The molecule has 10 nitrogen and oxygen atoms in total. The van der Waals surface area contributed by atoms with Gasteiger partial charge < -0.3 is 40.4 Å². The van der Waals surface area contributed by atoms with Crippen molar-refractivity contribution in [2.75, 3.05) is 28.4 Å². The summed E-state index contributed by atoms with van der Waals surface area (Å²) in [7, 11) is 6.02. The second-order valence-electron chi connectivity index (χ2n) is 8.29. The number of amides is 2. The third kappa shape index (κ3) is 7.82. The zero-order valence-electron chi connectivity index (χ0n) is 21.4. The Labute approximate surface area is 217 Å². The molecule has 0 aliphatic carbocycles. The fraction of sp³-hybridized carbons (Fsp3) is 0.440. The number of rotatable bonds is 12. The van der Waals surface area contributed by atoms with Crippen LogP contribution in [0.3, 0.4) is 0 Å². The molecule has 0 spiro atoms. The summed E-state index contributed by atoms with van der Waals surface area (Å²) in [6, 6.07) is 6.53. The van der Waals surface area contributed by atoms with Crippen LogP contribution in [0.15, 0.2) is 30.3 Å². The molecule has 0 saturated carbocycles. The Hall–Kier alpha value is -3.37. The number of phenols is 1. The first kappa shape index (κ1) is 30.7. The predicted molar refractivity (Wildman–Crippen MR) is 138 cm³/mol. The summed E-state index contributed by atoms with van der Waals surface area (Å²) in [5.41, 5.74) is 7.39. The molecule has 36 heavy (non-hydrogen) atoms. The lowest BCUT2D eigenvalue weighted by molar-refractivity contribution is -0.130. The van der Waals surface area contributed by atoms with Gasteiger partial charge in [0, 0.05) is 18.2 Å². The van der Waals surface area contributed by atoms with E-state index in [0.717, 1.165) is 0 Å². The van der Waals surface area contributed by atoms with E-state index in [4.69, 9.17) is 24.7 Å². The molecule has 2 rings (SSSR count). The number of aromatic hydroxyl groups is 1.